The summed E-state index contributed by atoms with van der Waals surface area (Å²) in [6.07, 6.45) is 3.23. The van der Waals surface area contributed by atoms with Crippen molar-refractivity contribution in [3.05, 3.63) is 88.2 Å². The number of hydrogen-bond donors (Lipinski definition) is 0. The first kappa shape index (κ1) is 29.5. The number of nitrogens with zero attached hydrogens (tertiary/aromatic N) is 2. The second-order valence-electron chi connectivity index (χ2n) is 9.22. The molecule has 10 heteroatoms. The molecule has 0 bridgehead atoms. The van der Waals surface area contributed by atoms with Crippen LogP contribution in [-0.4, -0.2) is 44.6 Å². The SMILES string of the molecule is CCCCOc1cc(OC)cc(-n2cc(C(=O)N(CC)c3cc(F)cc(F)c3)c(=O)c3ccc(OCOC)cc32)c1. The van der Waals surface area contributed by atoms with Gasteiger partial charge < -0.3 is 28.4 Å². The van der Waals surface area contributed by atoms with Crippen LogP contribution in [0.2, 0.25) is 0 Å². The van der Waals surface area contributed by atoms with Gasteiger partial charge in [0.1, 0.15) is 34.4 Å². The quantitative estimate of drug-likeness (QED) is 0.152. The van der Waals surface area contributed by atoms with Gasteiger partial charge in [0.25, 0.3) is 5.91 Å². The van der Waals surface area contributed by atoms with Crippen LogP contribution in [0.15, 0.2) is 65.6 Å². The van der Waals surface area contributed by atoms with E-state index in [2.05, 4.69) is 6.92 Å². The average molecular weight is 567 g/mol. The van der Waals surface area contributed by atoms with E-state index < -0.39 is 23.0 Å². The minimum Gasteiger partial charge on any atom is -0.497 e. The molecular weight excluding hydrogens is 534 g/mol. The third kappa shape index (κ3) is 6.66. The largest absolute Gasteiger partial charge is 0.497 e. The van der Waals surface area contributed by atoms with Crippen LogP contribution in [0.5, 0.6) is 17.2 Å². The summed E-state index contributed by atoms with van der Waals surface area (Å²) >= 11 is 0. The van der Waals surface area contributed by atoms with Gasteiger partial charge in [0.2, 0.25) is 5.43 Å². The number of ether oxygens (including phenoxy) is 4. The summed E-state index contributed by atoms with van der Waals surface area (Å²) in [7, 11) is 3.02. The molecule has 1 aromatic heterocycles. The highest BCUT2D eigenvalue weighted by molar-refractivity contribution is 6.07. The van der Waals surface area contributed by atoms with E-state index in [-0.39, 0.29) is 30.0 Å². The fraction of sp³-hybridized carbons (Fsp3) is 0.290. The molecule has 216 valence electrons. The van der Waals surface area contributed by atoms with Crippen molar-refractivity contribution >= 4 is 22.5 Å². The van der Waals surface area contributed by atoms with Gasteiger partial charge in [0.15, 0.2) is 6.79 Å². The summed E-state index contributed by atoms with van der Waals surface area (Å²) in [4.78, 5) is 28.7. The molecule has 4 rings (SSSR count). The molecule has 0 saturated carbocycles. The van der Waals surface area contributed by atoms with Crippen molar-refractivity contribution in [1.82, 2.24) is 4.57 Å². The molecule has 3 aromatic carbocycles. The average Bonchev–Trinajstić information content (AvgIpc) is 2.96. The minimum atomic E-state index is -0.835. The fourth-order valence-corrected chi connectivity index (χ4v) is 4.40. The summed E-state index contributed by atoms with van der Waals surface area (Å²) < 4.78 is 51.8. The Morgan fingerprint density at radius 3 is 2.29 bits per heavy atom. The second-order valence-corrected chi connectivity index (χ2v) is 9.22. The summed E-state index contributed by atoms with van der Waals surface area (Å²) in [5, 5.41) is 0.235. The van der Waals surface area contributed by atoms with Crippen molar-refractivity contribution in [3.8, 4) is 22.9 Å². The van der Waals surface area contributed by atoms with Gasteiger partial charge in [-0.05, 0) is 37.6 Å². The smallest absolute Gasteiger partial charge is 0.263 e. The van der Waals surface area contributed by atoms with Gasteiger partial charge in [0.05, 0.1) is 24.9 Å². The van der Waals surface area contributed by atoms with Gasteiger partial charge in [-0.15, -0.1) is 0 Å². The first-order chi connectivity index (χ1) is 19.8. The maximum atomic E-state index is 14.0. The van der Waals surface area contributed by atoms with Crippen LogP contribution in [0.1, 0.15) is 37.0 Å². The normalized spacial score (nSPS) is 11.0. The van der Waals surface area contributed by atoms with Crippen LogP contribution in [0.4, 0.5) is 14.5 Å². The van der Waals surface area contributed by atoms with Gasteiger partial charge in [-0.1, -0.05) is 13.3 Å². The van der Waals surface area contributed by atoms with Crippen LogP contribution in [0, 0.1) is 11.6 Å². The molecule has 0 aliphatic carbocycles. The molecule has 0 radical (unpaired) electrons. The van der Waals surface area contributed by atoms with E-state index in [1.165, 1.54) is 20.4 Å². The van der Waals surface area contributed by atoms with Crippen LogP contribution in [-0.2, 0) is 4.74 Å². The zero-order valence-electron chi connectivity index (χ0n) is 23.4. The van der Waals surface area contributed by atoms with Crippen molar-refractivity contribution < 1.29 is 32.5 Å². The number of halogens is 2. The molecule has 0 N–H and O–H groups in total. The summed E-state index contributed by atoms with van der Waals surface area (Å²) in [6.45, 7) is 4.28. The number of methoxy groups -OCH3 is 2. The fourth-order valence-electron chi connectivity index (χ4n) is 4.40. The molecule has 8 nitrogen and oxygen atoms in total. The molecule has 1 amide bonds. The molecule has 1 heterocycles. The Morgan fingerprint density at radius 1 is 0.902 bits per heavy atom. The van der Waals surface area contributed by atoms with Crippen LogP contribution >= 0.6 is 0 Å². The van der Waals surface area contributed by atoms with Crippen molar-refractivity contribution in [2.24, 2.45) is 0 Å². The molecule has 41 heavy (non-hydrogen) atoms. The molecule has 0 saturated heterocycles. The van der Waals surface area contributed by atoms with Gasteiger partial charge in [-0.25, -0.2) is 8.78 Å². The van der Waals surface area contributed by atoms with E-state index in [4.69, 9.17) is 18.9 Å². The monoisotopic (exact) mass is 566 g/mol. The third-order valence-electron chi connectivity index (χ3n) is 6.42. The Hall–Kier alpha value is -4.44. The lowest BCUT2D eigenvalue weighted by atomic mass is 10.1. The molecule has 4 aromatic rings. The number of aromatic nitrogens is 1. The number of anilines is 1. The number of carbonyl (C=O) groups excluding carboxylic acids is 1. The van der Waals surface area contributed by atoms with Gasteiger partial charge in [-0.2, -0.15) is 0 Å². The maximum absolute atomic E-state index is 14.0. The number of benzene rings is 3. The summed E-state index contributed by atoms with van der Waals surface area (Å²) in [5.74, 6) is -0.884. The Labute approximate surface area is 236 Å². The Bertz CT molecular complexity index is 1580. The molecule has 0 unspecified atom stereocenters. The van der Waals surface area contributed by atoms with Gasteiger partial charge in [-0.3, -0.25) is 9.59 Å². The minimum absolute atomic E-state index is 0.00245. The van der Waals surface area contributed by atoms with Gasteiger partial charge in [0, 0.05) is 61.3 Å². The van der Waals surface area contributed by atoms with Gasteiger partial charge >= 0.3 is 0 Å². The van der Waals surface area contributed by atoms with E-state index in [1.807, 2.05) is 0 Å². The highest BCUT2D eigenvalue weighted by Crippen LogP contribution is 2.30. The number of hydrogen-bond acceptors (Lipinski definition) is 6. The topological polar surface area (TPSA) is 79.2 Å². The van der Waals surface area contributed by atoms with E-state index in [0.717, 1.165) is 35.9 Å². The Balaban J connectivity index is 1.94. The van der Waals surface area contributed by atoms with E-state index in [0.29, 0.717) is 35.1 Å². The lowest BCUT2D eigenvalue weighted by Crippen LogP contribution is -2.35. The first-order valence-corrected chi connectivity index (χ1v) is 13.2. The molecule has 0 spiro atoms. The maximum Gasteiger partial charge on any atom is 0.263 e. The van der Waals surface area contributed by atoms with E-state index in [1.54, 1.807) is 47.9 Å². The highest BCUT2D eigenvalue weighted by Gasteiger charge is 2.23. The van der Waals surface area contributed by atoms with Crippen LogP contribution in [0.25, 0.3) is 16.6 Å². The number of unbranched alkanes of at least 4 members (excludes halogenated alkanes) is 1. The lowest BCUT2D eigenvalue weighted by Gasteiger charge is -2.22. The standard InChI is InChI=1S/C31H32F2N2O6/c1-5-7-10-40-26-15-23(14-25(16-26)39-4)35-18-28(30(36)27-9-8-24(17-29(27)35)41-19-38-3)31(37)34(6-2)22-12-20(32)11-21(33)13-22/h8-9,11-18H,5-7,10,19H2,1-4H3. The van der Waals surface area contributed by atoms with Crippen molar-refractivity contribution in [3.63, 3.8) is 0 Å². The molecular formula is C31H32F2N2O6. The predicted octanol–water partition coefficient (Wildman–Crippen LogP) is 6.11. The van der Waals surface area contributed by atoms with Crippen molar-refractivity contribution in [2.75, 3.05) is 39.1 Å². The molecule has 0 fully saturated rings. The van der Waals surface area contributed by atoms with Crippen LogP contribution < -0.4 is 24.5 Å². The predicted molar refractivity (Wildman–Crippen MR) is 153 cm³/mol. The lowest BCUT2D eigenvalue weighted by molar-refractivity contribution is 0.0512. The third-order valence-corrected chi connectivity index (χ3v) is 6.42. The summed E-state index contributed by atoms with van der Waals surface area (Å²) in [5.41, 5.74) is 0.270. The number of carbonyl (C=O) groups is 1. The second kappa shape index (κ2) is 13.3. The Morgan fingerprint density at radius 2 is 1.63 bits per heavy atom. The zero-order chi connectivity index (χ0) is 29.5. The number of pyridine rings is 1. The Kier molecular flexibility index (Phi) is 9.57. The van der Waals surface area contributed by atoms with E-state index in [9.17, 15) is 18.4 Å². The zero-order valence-corrected chi connectivity index (χ0v) is 23.4. The van der Waals surface area contributed by atoms with Crippen LogP contribution in [0.3, 0.4) is 0 Å². The first-order valence-electron chi connectivity index (χ1n) is 13.2. The number of fused-ring (bicyclic) bond motifs is 1. The highest BCUT2D eigenvalue weighted by atomic mass is 19.1. The summed E-state index contributed by atoms with van der Waals surface area (Å²) in [6, 6.07) is 12.9. The number of amides is 1. The van der Waals surface area contributed by atoms with Crippen molar-refractivity contribution in [2.45, 2.75) is 26.7 Å². The molecule has 0 atom stereocenters. The van der Waals surface area contributed by atoms with Crippen molar-refractivity contribution in [1.29, 1.82) is 0 Å². The number of rotatable bonds is 12. The van der Waals surface area contributed by atoms with E-state index >= 15 is 0 Å². The molecule has 0 aliphatic rings. The molecule has 0 aliphatic heterocycles.